The number of aromatic nitrogens is 2. The van der Waals surface area contributed by atoms with Gasteiger partial charge >= 0.3 is 5.97 Å². The number of esters is 1. The van der Waals surface area contributed by atoms with Gasteiger partial charge in [-0.1, -0.05) is 42.5 Å². The van der Waals surface area contributed by atoms with E-state index in [-0.39, 0.29) is 23.9 Å². The Morgan fingerprint density at radius 2 is 1.69 bits per heavy atom. The van der Waals surface area contributed by atoms with Crippen molar-refractivity contribution in [3.8, 4) is 0 Å². The standard InChI is InChI=1S/C28H32N4O4/c1-20(27(34)31-17-15-30(16-18-31)19-21-7-3-2-4-8-21)36-26(33)14-13-25-29-24-10-6-5-9-23(24)28(35)32(25)22-11-12-22/h2-10,20,22H,11-19H2,1H3. The van der Waals surface area contributed by atoms with Crippen molar-refractivity contribution in [2.45, 2.75) is 51.3 Å². The van der Waals surface area contributed by atoms with Crippen molar-refractivity contribution in [1.82, 2.24) is 19.4 Å². The Hall–Kier alpha value is -3.52. The maximum atomic E-state index is 13.0. The third-order valence-corrected chi connectivity index (χ3v) is 6.93. The molecule has 5 rings (SSSR count). The molecule has 2 aliphatic rings. The second kappa shape index (κ2) is 10.6. The number of benzene rings is 2. The van der Waals surface area contributed by atoms with E-state index in [4.69, 9.17) is 4.74 Å². The van der Waals surface area contributed by atoms with Gasteiger partial charge in [0.1, 0.15) is 5.82 Å². The number of ether oxygens (including phenoxy) is 1. The second-order valence-electron chi connectivity index (χ2n) is 9.67. The lowest BCUT2D eigenvalue weighted by Gasteiger charge is -2.35. The van der Waals surface area contributed by atoms with Gasteiger partial charge in [0.2, 0.25) is 0 Å². The van der Waals surface area contributed by atoms with Crippen molar-refractivity contribution in [2.75, 3.05) is 26.2 Å². The number of amides is 1. The predicted molar refractivity (Wildman–Crippen MR) is 136 cm³/mol. The molecular formula is C28H32N4O4. The highest BCUT2D eigenvalue weighted by Gasteiger charge is 2.30. The predicted octanol–water partition coefficient (Wildman–Crippen LogP) is 2.94. The van der Waals surface area contributed by atoms with Gasteiger partial charge in [0.15, 0.2) is 6.10 Å². The molecule has 1 aliphatic carbocycles. The van der Waals surface area contributed by atoms with E-state index < -0.39 is 12.1 Å². The second-order valence-corrected chi connectivity index (χ2v) is 9.67. The lowest BCUT2D eigenvalue weighted by Crippen LogP contribution is -2.51. The van der Waals surface area contributed by atoms with E-state index in [1.54, 1.807) is 22.5 Å². The molecule has 8 nitrogen and oxygen atoms in total. The number of hydrogen-bond acceptors (Lipinski definition) is 6. The van der Waals surface area contributed by atoms with Crippen LogP contribution in [0, 0.1) is 0 Å². The Morgan fingerprint density at radius 1 is 1.00 bits per heavy atom. The topological polar surface area (TPSA) is 84.7 Å². The van der Waals surface area contributed by atoms with Gasteiger partial charge in [-0.2, -0.15) is 0 Å². The van der Waals surface area contributed by atoms with Crippen LogP contribution in [0.15, 0.2) is 59.4 Å². The maximum absolute atomic E-state index is 13.0. The van der Waals surface area contributed by atoms with Crippen LogP contribution in [0.25, 0.3) is 10.9 Å². The smallest absolute Gasteiger partial charge is 0.307 e. The highest BCUT2D eigenvalue weighted by molar-refractivity contribution is 5.83. The molecule has 1 aromatic heterocycles. The number of hydrogen-bond donors (Lipinski definition) is 0. The summed E-state index contributed by atoms with van der Waals surface area (Å²) < 4.78 is 7.22. The number of aryl methyl sites for hydroxylation is 1. The molecule has 0 N–H and O–H groups in total. The van der Waals surface area contributed by atoms with Crippen LogP contribution < -0.4 is 5.56 Å². The van der Waals surface area contributed by atoms with E-state index in [2.05, 4.69) is 22.0 Å². The number of carbonyl (C=O) groups excluding carboxylic acids is 2. The molecule has 0 bridgehead atoms. The average molecular weight is 489 g/mol. The molecule has 1 saturated carbocycles. The van der Waals surface area contributed by atoms with Crippen molar-refractivity contribution in [3.63, 3.8) is 0 Å². The number of piperazine rings is 1. The number of para-hydroxylation sites is 1. The van der Waals surface area contributed by atoms with Crippen LogP contribution in [0.5, 0.6) is 0 Å². The number of rotatable bonds is 8. The summed E-state index contributed by atoms with van der Waals surface area (Å²) in [4.78, 5) is 47.2. The molecule has 1 atom stereocenters. The third kappa shape index (κ3) is 5.49. The number of carbonyl (C=O) groups is 2. The summed E-state index contributed by atoms with van der Waals surface area (Å²) in [6.45, 7) is 5.29. The lowest BCUT2D eigenvalue weighted by atomic mass is 10.2. The quantitative estimate of drug-likeness (QED) is 0.454. The summed E-state index contributed by atoms with van der Waals surface area (Å²) in [5.41, 5.74) is 1.84. The molecule has 1 aliphatic heterocycles. The molecule has 0 radical (unpaired) electrons. The molecule has 8 heteroatoms. The molecule has 1 amide bonds. The zero-order valence-corrected chi connectivity index (χ0v) is 20.6. The average Bonchev–Trinajstić information content (AvgIpc) is 3.73. The Labute approximate surface area is 210 Å². The molecule has 2 heterocycles. The first kappa shape index (κ1) is 24.2. The molecule has 1 unspecified atom stereocenters. The normalized spacial score (nSPS) is 17.2. The number of nitrogens with zero attached hydrogens (tertiary/aromatic N) is 4. The zero-order chi connectivity index (χ0) is 25.1. The van der Waals surface area contributed by atoms with Gasteiger partial charge in [0.25, 0.3) is 11.5 Å². The molecule has 0 spiro atoms. The zero-order valence-electron chi connectivity index (χ0n) is 20.6. The summed E-state index contributed by atoms with van der Waals surface area (Å²) in [7, 11) is 0. The fraction of sp³-hybridized carbons (Fsp3) is 0.429. The SMILES string of the molecule is CC(OC(=O)CCc1nc2ccccc2c(=O)n1C1CC1)C(=O)N1CCN(Cc2ccccc2)CC1. The van der Waals surface area contributed by atoms with Crippen LogP contribution in [0.3, 0.4) is 0 Å². The van der Waals surface area contributed by atoms with E-state index >= 15 is 0 Å². The first-order valence-electron chi connectivity index (χ1n) is 12.7. The minimum atomic E-state index is -0.839. The van der Waals surface area contributed by atoms with E-state index in [1.165, 1.54) is 5.56 Å². The molecule has 188 valence electrons. The minimum absolute atomic E-state index is 0.0542. The summed E-state index contributed by atoms with van der Waals surface area (Å²) >= 11 is 0. The Bertz CT molecular complexity index is 1290. The summed E-state index contributed by atoms with van der Waals surface area (Å²) in [6.07, 6.45) is 1.42. The van der Waals surface area contributed by atoms with Gasteiger partial charge in [0.05, 0.1) is 17.3 Å². The monoisotopic (exact) mass is 488 g/mol. The first-order valence-corrected chi connectivity index (χ1v) is 12.7. The fourth-order valence-electron chi connectivity index (χ4n) is 4.82. The van der Waals surface area contributed by atoms with Gasteiger partial charge in [0, 0.05) is 45.2 Å². The van der Waals surface area contributed by atoms with Crippen molar-refractivity contribution >= 4 is 22.8 Å². The van der Waals surface area contributed by atoms with Crippen molar-refractivity contribution < 1.29 is 14.3 Å². The number of fused-ring (bicyclic) bond motifs is 1. The van der Waals surface area contributed by atoms with Gasteiger partial charge in [-0.15, -0.1) is 0 Å². The van der Waals surface area contributed by atoms with E-state index in [1.807, 2.05) is 36.4 Å². The van der Waals surface area contributed by atoms with Crippen LogP contribution in [-0.4, -0.2) is 63.5 Å². The van der Waals surface area contributed by atoms with Gasteiger partial charge in [-0.05, 0) is 37.5 Å². The van der Waals surface area contributed by atoms with Crippen LogP contribution in [0.1, 0.15) is 43.6 Å². The summed E-state index contributed by atoms with van der Waals surface area (Å²) in [6, 6.07) is 17.7. The van der Waals surface area contributed by atoms with Crippen molar-refractivity contribution in [1.29, 1.82) is 0 Å². The van der Waals surface area contributed by atoms with Crippen LogP contribution in [0.2, 0.25) is 0 Å². The van der Waals surface area contributed by atoms with Gasteiger partial charge < -0.3 is 9.64 Å². The first-order chi connectivity index (χ1) is 17.5. The van der Waals surface area contributed by atoms with Crippen LogP contribution in [-0.2, 0) is 27.3 Å². The van der Waals surface area contributed by atoms with E-state index in [0.717, 1.165) is 32.5 Å². The summed E-state index contributed by atoms with van der Waals surface area (Å²) in [5, 5.41) is 0.596. The highest BCUT2D eigenvalue weighted by atomic mass is 16.5. The molecule has 1 saturated heterocycles. The largest absolute Gasteiger partial charge is 0.453 e. The van der Waals surface area contributed by atoms with E-state index in [9.17, 15) is 14.4 Å². The van der Waals surface area contributed by atoms with Gasteiger partial charge in [-0.25, -0.2) is 4.98 Å². The molecular weight excluding hydrogens is 456 g/mol. The van der Waals surface area contributed by atoms with Gasteiger partial charge in [-0.3, -0.25) is 23.9 Å². The molecule has 36 heavy (non-hydrogen) atoms. The maximum Gasteiger partial charge on any atom is 0.307 e. The lowest BCUT2D eigenvalue weighted by molar-refractivity contribution is -0.160. The highest BCUT2D eigenvalue weighted by Crippen LogP contribution is 2.35. The van der Waals surface area contributed by atoms with Crippen molar-refractivity contribution in [3.05, 3.63) is 76.3 Å². The summed E-state index contributed by atoms with van der Waals surface area (Å²) in [5.74, 6) is -0.0172. The fourth-order valence-corrected chi connectivity index (χ4v) is 4.82. The van der Waals surface area contributed by atoms with Crippen molar-refractivity contribution in [2.24, 2.45) is 0 Å². The van der Waals surface area contributed by atoms with E-state index in [0.29, 0.717) is 36.2 Å². The van der Waals surface area contributed by atoms with Crippen LogP contribution in [0.4, 0.5) is 0 Å². The van der Waals surface area contributed by atoms with Crippen LogP contribution >= 0.6 is 0 Å². The molecule has 2 aromatic carbocycles. The minimum Gasteiger partial charge on any atom is -0.453 e. The molecule has 3 aromatic rings. The Balaban J connectivity index is 1.14. The Morgan fingerprint density at radius 3 is 2.42 bits per heavy atom. The Kier molecular flexibility index (Phi) is 7.13. The third-order valence-electron chi connectivity index (χ3n) is 6.93. The molecule has 2 fully saturated rings.